The maximum absolute atomic E-state index is 12.9. The standard InChI is InChI=1S/C20H28N4O4/c1-4-28-19(25)17-15(13-24-11-9-23(2)10-12-24)21-20(26)22-18(17)14-7-5-6-8-16(14)27-3/h5-8,18H,4,9-13H2,1-3H3,(H2,21,22,26)/p+2/t18-/m1/s1. The van der Waals surface area contributed by atoms with E-state index in [1.54, 1.807) is 14.0 Å². The van der Waals surface area contributed by atoms with Crippen molar-refractivity contribution in [1.29, 1.82) is 0 Å². The Morgan fingerprint density at radius 2 is 1.93 bits per heavy atom. The van der Waals surface area contributed by atoms with Crippen LogP contribution in [-0.4, -0.2) is 65.5 Å². The third kappa shape index (κ3) is 4.45. The largest absolute Gasteiger partial charge is 0.496 e. The van der Waals surface area contributed by atoms with Gasteiger partial charge >= 0.3 is 12.0 Å². The molecule has 2 aliphatic rings. The number of amides is 2. The fraction of sp³-hybridized carbons (Fsp3) is 0.500. The molecule has 0 aliphatic carbocycles. The molecule has 2 heterocycles. The Balaban J connectivity index is 1.99. The van der Waals surface area contributed by atoms with Crippen molar-refractivity contribution >= 4 is 12.0 Å². The van der Waals surface area contributed by atoms with Crippen LogP contribution in [0.1, 0.15) is 18.5 Å². The van der Waals surface area contributed by atoms with Crippen molar-refractivity contribution in [1.82, 2.24) is 10.6 Å². The number of methoxy groups -OCH3 is 1. The maximum atomic E-state index is 12.9. The molecular formula is C20H30N4O4+2. The van der Waals surface area contributed by atoms with Crippen molar-refractivity contribution in [2.24, 2.45) is 0 Å². The van der Waals surface area contributed by atoms with Crippen LogP contribution in [0.2, 0.25) is 0 Å². The van der Waals surface area contributed by atoms with Gasteiger partial charge in [-0.05, 0) is 13.0 Å². The van der Waals surface area contributed by atoms with Crippen molar-refractivity contribution in [3.63, 3.8) is 0 Å². The number of rotatable bonds is 6. The first-order chi connectivity index (χ1) is 13.5. The average molecular weight is 390 g/mol. The lowest BCUT2D eigenvalue weighted by Gasteiger charge is -2.33. The zero-order valence-electron chi connectivity index (χ0n) is 16.8. The maximum Gasteiger partial charge on any atom is 0.338 e. The molecule has 2 amide bonds. The van der Waals surface area contributed by atoms with Gasteiger partial charge in [-0.25, -0.2) is 9.59 Å². The lowest BCUT2D eigenvalue weighted by atomic mass is 9.94. The summed E-state index contributed by atoms with van der Waals surface area (Å²) in [7, 11) is 3.76. The summed E-state index contributed by atoms with van der Waals surface area (Å²) in [6.45, 7) is 6.76. The first-order valence-electron chi connectivity index (χ1n) is 9.79. The van der Waals surface area contributed by atoms with Gasteiger partial charge in [0.2, 0.25) is 0 Å². The molecule has 0 saturated carbocycles. The van der Waals surface area contributed by atoms with Crippen LogP contribution in [0, 0.1) is 0 Å². The fourth-order valence-corrected chi connectivity index (χ4v) is 3.80. The molecule has 2 aliphatic heterocycles. The Kier molecular flexibility index (Phi) is 6.53. The molecule has 3 rings (SSSR count). The molecule has 0 aromatic heterocycles. The lowest BCUT2D eigenvalue weighted by Crippen LogP contribution is -3.27. The summed E-state index contributed by atoms with van der Waals surface area (Å²) in [5, 5.41) is 5.73. The van der Waals surface area contributed by atoms with Crippen molar-refractivity contribution in [2.75, 3.05) is 53.5 Å². The summed E-state index contributed by atoms with van der Waals surface area (Å²) in [5.74, 6) is 0.200. The molecule has 1 aromatic carbocycles. The first kappa shape index (κ1) is 20.2. The molecule has 1 atom stereocenters. The molecule has 152 valence electrons. The Hall–Kier alpha value is -2.58. The summed E-state index contributed by atoms with van der Waals surface area (Å²) in [5.41, 5.74) is 1.82. The summed E-state index contributed by atoms with van der Waals surface area (Å²) in [6, 6.07) is 6.47. The van der Waals surface area contributed by atoms with Crippen LogP contribution in [0.5, 0.6) is 5.75 Å². The number of nitrogens with one attached hydrogen (secondary N) is 4. The number of carbonyl (C=O) groups is 2. The Morgan fingerprint density at radius 1 is 1.21 bits per heavy atom. The number of ether oxygens (including phenoxy) is 2. The van der Waals surface area contributed by atoms with E-state index in [0.29, 0.717) is 23.6 Å². The van der Waals surface area contributed by atoms with Crippen LogP contribution in [0.25, 0.3) is 0 Å². The predicted octanol–water partition coefficient (Wildman–Crippen LogP) is -1.72. The summed E-state index contributed by atoms with van der Waals surface area (Å²) >= 11 is 0. The average Bonchev–Trinajstić information content (AvgIpc) is 2.69. The molecule has 4 N–H and O–H groups in total. The molecule has 28 heavy (non-hydrogen) atoms. The van der Waals surface area contributed by atoms with E-state index in [9.17, 15) is 9.59 Å². The zero-order valence-corrected chi connectivity index (χ0v) is 16.8. The number of likely N-dealkylation sites (N-methyl/N-ethyl adjacent to an activating group) is 1. The van der Waals surface area contributed by atoms with E-state index < -0.39 is 12.0 Å². The van der Waals surface area contributed by atoms with E-state index in [4.69, 9.17) is 9.47 Å². The molecule has 0 unspecified atom stereocenters. The van der Waals surface area contributed by atoms with E-state index in [0.717, 1.165) is 31.7 Å². The number of para-hydroxylation sites is 1. The van der Waals surface area contributed by atoms with Gasteiger partial charge in [-0.2, -0.15) is 0 Å². The van der Waals surface area contributed by atoms with Crippen LogP contribution < -0.4 is 25.2 Å². The van der Waals surface area contributed by atoms with Gasteiger partial charge in [0.05, 0.1) is 38.1 Å². The highest BCUT2D eigenvalue weighted by Gasteiger charge is 2.37. The minimum atomic E-state index is -0.614. The number of quaternary nitrogens is 2. The predicted molar refractivity (Wildman–Crippen MR) is 103 cm³/mol. The minimum Gasteiger partial charge on any atom is -0.496 e. The molecule has 8 nitrogen and oxygen atoms in total. The van der Waals surface area contributed by atoms with E-state index in [2.05, 4.69) is 17.7 Å². The number of hydrogen-bond donors (Lipinski definition) is 4. The Morgan fingerprint density at radius 3 is 2.61 bits per heavy atom. The van der Waals surface area contributed by atoms with Gasteiger partial charge < -0.3 is 29.9 Å². The van der Waals surface area contributed by atoms with Gasteiger partial charge in [-0.3, -0.25) is 0 Å². The smallest absolute Gasteiger partial charge is 0.338 e. The van der Waals surface area contributed by atoms with Gasteiger partial charge in [0.1, 0.15) is 38.5 Å². The van der Waals surface area contributed by atoms with Crippen LogP contribution in [0.4, 0.5) is 4.79 Å². The molecule has 0 radical (unpaired) electrons. The number of benzene rings is 1. The number of esters is 1. The Bertz CT molecular complexity index is 756. The highest BCUT2D eigenvalue weighted by atomic mass is 16.5. The summed E-state index contributed by atoms with van der Waals surface area (Å²) in [6.07, 6.45) is 0. The second kappa shape index (κ2) is 9.07. The van der Waals surface area contributed by atoms with Crippen molar-refractivity contribution in [2.45, 2.75) is 13.0 Å². The second-order valence-corrected chi connectivity index (χ2v) is 7.27. The minimum absolute atomic E-state index is 0.271. The molecular weight excluding hydrogens is 360 g/mol. The molecule has 1 aromatic rings. The molecule has 8 heteroatoms. The van der Waals surface area contributed by atoms with E-state index in [1.807, 2.05) is 24.3 Å². The Labute approximate surface area is 165 Å². The van der Waals surface area contributed by atoms with Crippen molar-refractivity contribution < 1.29 is 28.9 Å². The number of hydrogen-bond acceptors (Lipinski definition) is 4. The van der Waals surface area contributed by atoms with Crippen molar-refractivity contribution in [3.05, 3.63) is 41.1 Å². The van der Waals surface area contributed by atoms with Crippen LogP contribution in [0.3, 0.4) is 0 Å². The van der Waals surface area contributed by atoms with Crippen molar-refractivity contribution in [3.8, 4) is 5.75 Å². The second-order valence-electron chi connectivity index (χ2n) is 7.27. The monoisotopic (exact) mass is 390 g/mol. The quantitative estimate of drug-likeness (QED) is 0.436. The summed E-state index contributed by atoms with van der Waals surface area (Å²) in [4.78, 5) is 28.1. The molecule has 0 bridgehead atoms. The SMILES string of the molecule is CCOC(=O)C1=C(C[NH+]2CC[NH+](C)CC2)NC(=O)N[C@@H]1c1ccccc1OC. The van der Waals surface area contributed by atoms with E-state index in [1.165, 1.54) is 9.80 Å². The zero-order chi connectivity index (χ0) is 20.1. The third-order valence-corrected chi connectivity index (χ3v) is 5.34. The number of urea groups is 1. The van der Waals surface area contributed by atoms with Gasteiger partial charge in [0.15, 0.2) is 0 Å². The third-order valence-electron chi connectivity index (χ3n) is 5.34. The number of piperazine rings is 1. The van der Waals surface area contributed by atoms with Gasteiger partial charge in [-0.15, -0.1) is 0 Å². The normalized spacial score (nSPS) is 25.0. The molecule has 1 fully saturated rings. The van der Waals surface area contributed by atoms with Gasteiger partial charge in [0, 0.05) is 5.56 Å². The summed E-state index contributed by atoms with van der Waals surface area (Å²) < 4.78 is 10.8. The molecule has 0 spiro atoms. The van der Waals surface area contributed by atoms with Gasteiger partial charge in [0.25, 0.3) is 0 Å². The highest BCUT2D eigenvalue weighted by Crippen LogP contribution is 2.33. The van der Waals surface area contributed by atoms with Crippen LogP contribution in [-0.2, 0) is 9.53 Å². The highest BCUT2D eigenvalue weighted by molar-refractivity contribution is 5.95. The van der Waals surface area contributed by atoms with Gasteiger partial charge in [-0.1, -0.05) is 18.2 Å². The topological polar surface area (TPSA) is 85.5 Å². The van der Waals surface area contributed by atoms with E-state index in [-0.39, 0.29) is 12.6 Å². The molecule has 1 saturated heterocycles. The van der Waals surface area contributed by atoms with Crippen LogP contribution >= 0.6 is 0 Å². The van der Waals surface area contributed by atoms with Crippen LogP contribution in [0.15, 0.2) is 35.5 Å². The first-order valence-corrected chi connectivity index (χ1v) is 9.79. The fourth-order valence-electron chi connectivity index (χ4n) is 3.80. The number of carbonyl (C=O) groups excluding carboxylic acids is 2. The van der Waals surface area contributed by atoms with E-state index >= 15 is 0 Å². The lowest BCUT2D eigenvalue weighted by molar-refractivity contribution is -1.00.